The molecule has 0 aliphatic heterocycles. The number of nitro groups is 1. The van der Waals surface area contributed by atoms with Crippen LogP contribution in [0.3, 0.4) is 0 Å². The molecule has 12 nitrogen and oxygen atoms in total. The third-order valence-electron chi connectivity index (χ3n) is 6.94. The number of benzene rings is 3. The van der Waals surface area contributed by atoms with Crippen molar-refractivity contribution >= 4 is 38.3 Å². The van der Waals surface area contributed by atoms with E-state index in [1.165, 1.54) is 6.07 Å². The number of nitrogen functional groups attached to an aromatic ring is 1. The summed E-state index contributed by atoms with van der Waals surface area (Å²) < 4.78 is 33.6. The first-order chi connectivity index (χ1) is 20.8. The molecule has 0 bridgehead atoms. The van der Waals surface area contributed by atoms with E-state index >= 15 is 0 Å². The Morgan fingerprint density at radius 3 is 2.36 bits per heavy atom. The monoisotopic (exact) mass is 622 g/mol. The second-order valence-corrected chi connectivity index (χ2v) is 12.9. The summed E-state index contributed by atoms with van der Waals surface area (Å²) in [7, 11) is -4.17. The number of nitrogens with one attached hydrogen (secondary N) is 1. The molecule has 0 spiro atoms. The highest BCUT2D eigenvalue weighted by Crippen LogP contribution is 2.22. The van der Waals surface area contributed by atoms with Crippen LogP contribution in [0, 0.1) is 16.0 Å². The summed E-state index contributed by atoms with van der Waals surface area (Å²) in [6, 6.07) is 19.0. The number of aliphatic hydroxyl groups excluding tert-OH is 1. The van der Waals surface area contributed by atoms with E-state index in [9.17, 15) is 33.2 Å². The lowest BCUT2D eigenvalue weighted by Crippen LogP contribution is -2.51. The first kappa shape index (κ1) is 32.3. The van der Waals surface area contributed by atoms with Crippen molar-refractivity contribution in [3.05, 3.63) is 111 Å². The van der Waals surface area contributed by atoms with E-state index in [2.05, 4.69) is 5.32 Å². The van der Waals surface area contributed by atoms with Crippen LogP contribution in [0.4, 0.5) is 11.4 Å². The van der Waals surface area contributed by atoms with E-state index in [-0.39, 0.29) is 53.6 Å². The van der Waals surface area contributed by atoms with Crippen LogP contribution >= 0.6 is 0 Å². The molecule has 4 aromatic rings. The maximum Gasteiger partial charge on any atom is 0.339 e. The first-order valence-electron chi connectivity index (χ1n) is 13.9. The number of hydrogen-bond acceptors (Lipinski definition) is 9. The van der Waals surface area contributed by atoms with Gasteiger partial charge in [-0.2, -0.15) is 4.31 Å². The maximum atomic E-state index is 13.6. The van der Waals surface area contributed by atoms with Gasteiger partial charge in [0.1, 0.15) is 5.58 Å². The molecule has 13 heteroatoms. The third kappa shape index (κ3) is 8.07. The SMILES string of the molecule is CC(C)CN(C[C@@H](O)[C@H](Cc1ccccc1)NC(=O)Cc1cc2ccc(N)cc2oc1=O)S(=O)(=O)c1ccc([N+](=O)[O-])cc1. The van der Waals surface area contributed by atoms with Crippen LogP contribution in [0.15, 0.2) is 93.0 Å². The Morgan fingerprint density at radius 1 is 1.05 bits per heavy atom. The number of aliphatic hydroxyl groups is 1. The number of sulfonamides is 1. The van der Waals surface area contributed by atoms with Gasteiger partial charge in [-0.15, -0.1) is 0 Å². The fourth-order valence-electron chi connectivity index (χ4n) is 4.78. The van der Waals surface area contributed by atoms with Crippen LogP contribution in [0.25, 0.3) is 11.0 Å². The Balaban J connectivity index is 1.58. The summed E-state index contributed by atoms with van der Waals surface area (Å²) in [5.41, 5.74) is 6.41. The lowest BCUT2D eigenvalue weighted by atomic mass is 10.00. The number of carbonyl (C=O) groups excluding carboxylic acids is 1. The molecule has 0 unspecified atom stereocenters. The lowest BCUT2D eigenvalue weighted by molar-refractivity contribution is -0.384. The molecule has 0 aliphatic carbocycles. The van der Waals surface area contributed by atoms with Crippen molar-refractivity contribution < 1.29 is 27.7 Å². The van der Waals surface area contributed by atoms with E-state index in [0.29, 0.717) is 11.1 Å². The van der Waals surface area contributed by atoms with Gasteiger partial charge in [0.2, 0.25) is 15.9 Å². The predicted molar refractivity (Wildman–Crippen MR) is 165 cm³/mol. The van der Waals surface area contributed by atoms with E-state index in [1.54, 1.807) is 30.3 Å². The van der Waals surface area contributed by atoms with Crippen molar-refractivity contribution in [2.75, 3.05) is 18.8 Å². The zero-order chi connectivity index (χ0) is 32.0. The number of carbonyl (C=O) groups is 1. The molecule has 0 fully saturated rings. The van der Waals surface area contributed by atoms with Crippen molar-refractivity contribution in [2.45, 2.75) is 43.7 Å². The van der Waals surface area contributed by atoms with Gasteiger partial charge in [0.05, 0.1) is 28.4 Å². The number of amides is 1. The van der Waals surface area contributed by atoms with Crippen molar-refractivity contribution in [3.63, 3.8) is 0 Å². The summed E-state index contributed by atoms with van der Waals surface area (Å²) in [5, 5.41) is 25.8. The summed E-state index contributed by atoms with van der Waals surface area (Å²) in [6.07, 6.45) is -1.52. The molecule has 2 atom stereocenters. The molecule has 0 saturated heterocycles. The topological polar surface area (TPSA) is 186 Å². The minimum absolute atomic E-state index is 0.0467. The van der Waals surface area contributed by atoms with Crippen LogP contribution in [-0.4, -0.2) is 53.9 Å². The number of rotatable bonds is 13. The van der Waals surface area contributed by atoms with E-state index in [1.807, 2.05) is 32.0 Å². The molecule has 1 aromatic heterocycles. The predicted octanol–water partition coefficient (Wildman–Crippen LogP) is 3.26. The van der Waals surface area contributed by atoms with Crippen LogP contribution in [0.1, 0.15) is 25.0 Å². The summed E-state index contributed by atoms with van der Waals surface area (Å²) in [4.78, 5) is 36.1. The van der Waals surface area contributed by atoms with Crippen LogP contribution in [-0.2, 0) is 27.7 Å². The van der Waals surface area contributed by atoms with Crippen molar-refractivity contribution in [1.29, 1.82) is 0 Å². The highest BCUT2D eigenvalue weighted by molar-refractivity contribution is 7.89. The summed E-state index contributed by atoms with van der Waals surface area (Å²) >= 11 is 0. The largest absolute Gasteiger partial charge is 0.422 e. The average molecular weight is 623 g/mol. The third-order valence-corrected chi connectivity index (χ3v) is 8.78. The van der Waals surface area contributed by atoms with Gasteiger partial charge >= 0.3 is 5.63 Å². The summed E-state index contributed by atoms with van der Waals surface area (Å²) in [6.45, 7) is 3.31. The molecule has 4 rings (SSSR count). The van der Waals surface area contributed by atoms with Gasteiger partial charge in [0.15, 0.2) is 0 Å². The number of non-ortho nitro benzene ring substituents is 1. The number of nitrogens with two attached hydrogens (primary N) is 1. The molecule has 1 amide bonds. The second kappa shape index (κ2) is 13.8. The number of anilines is 1. The van der Waals surface area contributed by atoms with Gasteiger partial charge in [-0.3, -0.25) is 14.9 Å². The molecule has 0 saturated carbocycles. The molecular weight excluding hydrogens is 588 g/mol. The molecule has 44 heavy (non-hydrogen) atoms. The second-order valence-electron chi connectivity index (χ2n) is 10.9. The van der Waals surface area contributed by atoms with Crippen LogP contribution < -0.4 is 16.7 Å². The van der Waals surface area contributed by atoms with Gasteiger partial charge in [-0.25, -0.2) is 13.2 Å². The Kier molecular flexibility index (Phi) is 10.1. The molecule has 0 radical (unpaired) electrons. The fraction of sp³-hybridized carbons (Fsp3) is 0.290. The number of fused-ring (bicyclic) bond motifs is 1. The molecule has 1 heterocycles. The zero-order valence-corrected chi connectivity index (χ0v) is 25.1. The van der Waals surface area contributed by atoms with Gasteiger partial charge in [-0.05, 0) is 48.2 Å². The van der Waals surface area contributed by atoms with E-state index in [0.717, 1.165) is 34.1 Å². The molecule has 232 valence electrons. The normalized spacial score (nSPS) is 13.2. The highest BCUT2D eigenvalue weighted by Gasteiger charge is 2.32. The molecule has 0 aliphatic rings. The average Bonchev–Trinajstić information content (AvgIpc) is 2.97. The van der Waals surface area contributed by atoms with Gasteiger partial charge < -0.3 is 20.6 Å². The number of nitrogens with zero attached hydrogens (tertiary/aromatic N) is 2. The van der Waals surface area contributed by atoms with Crippen molar-refractivity contribution in [1.82, 2.24) is 9.62 Å². The van der Waals surface area contributed by atoms with Crippen molar-refractivity contribution in [3.8, 4) is 0 Å². The first-order valence-corrected chi connectivity index (χ1v) is 15.4. The smallest absolute Gasteiger partial charge is 0.339 e. The minimum Gasteiger partial charge on any atom is -0.422 e. The number of hydrogen-bond donors (Lipinski definition) is 3. The van der Waals surface area contributed by atoms with E-state index in [4.69, 9.17) is 10.2 Å². The number of nitro benzene ring substituents is 1. The maximum absolute atomic E-state index is 13.6. The Labute approximate surface area is 254 Å². The molecule has 3 aromatic carbocycles. The molecule has 4 N–H and O–H groups in total. The Bertz CT molecular complexity index is 1790. The lowest BCUT2D eigenvalue weighted by Gasteiger charge is -2.30. The standard InChI is InChI=1S/C31H34N4O8S/c1-20(2)18-34(44(41,42)26-12-10-25(11-13-26)35(39)40)19-28(36)27(14-21-6-4-3-5-7-21)33-30(37)16-23-15-22-8-9-24(32)17-29(22)43-31(23)38/h3-13,15,17,20,27-28,36H,14,16,18-19,32H2,1-2H3,(H,33,37)/t27-,28+/m0/s1. The molecular formula is C31H34N4O8S. The van der Waals surface area contributed by atoms with Gasteiger partial charge in [0.25, 0.3) is 5.69 Å². The fourth-order valence-corrected chi connectivity index (χ4v) is 6.40. The Morgan fingerprint density at radius 2 is 1.73 bits per heavy atom. The minimum atomic E-state index is -4.17. The zero-order valence-electron chi connectivity index (χ0n) is 24.3. The van der Waals surface area contributed by atoms with Crippen molar-refractivity contribution in [2.24, 2.45) is 5.92 Å². The summed E-state index contributed by atoms with van der Waals surface area (Å²) in [5.74, 6) is -0.694. The van der Waals surface area contributed by atoms with E-state index < -0.39 is 38.6 Å². The highest BCUT2D eigenvalue weighted by atomic mass is 32.2. The van der Waals surface area contributed by atoms with Crippen LogP contribution in [0.2, 0.25) is 0 Å². The van der Waals surface area contributed by atoms with Gasteiger partial charge in [-0.1, -0.05) is 44.2 Å². The quantitative estimate of drug-likeness (QED) is 0.0871. The van der Waals surface area contributed by atoms with Crippen LogP contribution in [0.5, 0.6) is 0 Å². The van der Waals surface area contributed by atoms with Gasteiger partial charge in [0, 0.05) is 47.9 Å². The Hall–Kier alpha value is -4.59.